The molecule has 0 saturated heterocycles. The molecule has 0 fully saturated rings. The minimum absolute atomic E-state index is 0.0180. The molecule has 0 aromatic heterocycles. The van der Waals surface area contributed by atoms with Crippen LogP contribution in [0.15, 0.2) is 18.2 Å². The van der Waals surface area contributed by atoms with Crippen LogP contribution in [-0.2, 0) is 0 Å². The number of anilines is 1. The fraction of sp³-hybridized carbons (Fsp3) is 0.364. The lowest BCUT2D eigenvalue weighted by atomic mass is 10.1. The Labute approximate surface area is 91.4 Å². The Morgan fingerprint density at radius 1 is 1.33 bits per heavy atom. The number of benzene rings is 1. The second-order valence-electron chi connectivity index (χ2n) is 4.49. The van der Waals surface area contributed by atoms with Gasteiger partial charge in [-0.2, -0.15) is 0 Å². The summed E-state index contributed by atoms with van der Waals surface area (Å²) in [6, 6.07) is 5.26. The summed E-state index contributed by atoms with van der Waals surface area (Å²) < 4.78 is 5.82. The number of para-hydroxylation sites is 1. The molecule has 0 saturated carbocycles. The van der Waals surface area contributed by atoms with E-state index in [1.54, 1.807) is 18.2 Å². The molecule has 0 heterocycles. The Morgan fingerprint density at radius 3 is 2.40 bits per heavy atom. The first kappa shape index (κ1) is 11.8. The zero-order chi connectivity index (χ0) is 11.6. The monoisotopic (exact) mass is 223 g/mol. The Kier molecular flexibility index (Phi) is 3.19. The number of hydrogen-bond acceptors (Lipinski definition) is 3. The first-order valence-corrected chi connectivity index (χ1v) is 8.30. The molecule has 0 aliphatic heterocycles. The highest BCUT2D eigenvalue weighted by Gasteiger charge is 2.21. The minimum atomic E-state index is -1.74. The number of carbonyl (C=O) groups is 1. The van der Waals surface area contributed by atoms with Crippen LogP contribution in [0.25, 0.3) is 0 Å². The number of nitrogen functional groups attached to an aromatic ring is 1. The van der Waals surface area contributed by atoms with Crippen molar-refractivity contribution >= 4 is 19.8 Å². The number of rotatable bonds is 3. The summed E-state index contributed by atoms with van der Waals surface area (Å²) in [6.45, 7) is 7.70. The van der Waals surface area contributed by atoms with Crippen molar-refractivity contribution in [2.24, 2.45) is 0 Å². The van der Waals surface area contributed by atoms with Crippen LogP contribution in [0.3, 0.4) is 0 Å². The number of Topliss-reactive ketones (excluding diaryl/α,β-unsaturated/α-hetero) is 1. The zero-order valence-corrected chi connectivity index (χ0v) is 10.6. The van der Waals surface area contributed by atoms with Gasteiger partial charge in [-0.15, -0.1) is 0 Å². The van der Waals surface area contributed by atoms with Crippen molar-refractivity contribution in [2.75, 3.05) is 5.73 Å². The van der Waals surface area contributed by atoms with Crippen molar-refractivity contribution in [3.63, 3.8) is 0 Å². The van der Waals surface area contributed by atoms with E-state index in [4.69, 9.17) is 10.2 Å². The molecule has 0 amide bonds. The van der Waals surface area contributed by atoms with E-state index in [2.05, 4.69) is 19.6 Å². The molecule has 0 radical (unpaired) electrons. The molecule has 2 N–H and O–H groups in total. The van der Waals surface area contributed by atoms with E-state index in [0.717, 1.165) is 0 Å². The Balaban J connectivity index is 3.19. The van der Waals surface area contributed by atoms with Crippen molar-refractivity contribution in [3.05, 3.63) is 23.8 Å². The van der Waals surface area contributed by atoms with Gasteiger partial charge < -0.3 is 10.2 Å². The Bertz CT molecular complexity index is 383. The third-order valence-electron chi connectivity index (χ3n) is 1.83. The van der Waals surface area contributed by atoms with Crippen LogP contribution in [0.4, 0.5) is 5.69 Å². The van der Waals surface area contributed by atoms with Crippen LogP contribution in [0.1, 0.15) is 17.3 Å². The molecule has 0 aliphatic rings. The standard InChI is InChI=1S/C11H17NO2Si/c1-8(13)9-6-5-7-10(12)11(9)14-15(2,3)4/h5-7H,12H2,1-4H3. The predicted molar refractivity (Wildman–Crippen MR) is 64.8 cm³/mol. The maximum atomic E-state index is 11.4. The predicted octanol–water partition coefficient (Wildman–Crippen LogP) is 2.69. The first-order chi connectivity index (χ1) is 6.81. The highest BCUT2D eigenvalue weighted by molar-refractivity contribution is 6.70. The van der Waals surface area contributed by atoms with Gasteiger partial charge in [-0.3, -0.25) is 4.79 Å². The van der Waals surface area contributed by atoms with Gasteiger partial charge in [0.05, 0.1) is 11.3 Å². The lowest BCUT2D eigenvalue weighted by molar-refractivity contribution is 0.101. The van der Waals surface area contributed by atoms with Crippen molar-refractivity contribution < 1.29 is 9.22 Å². The topological polar surface area (TPSA) is 52.3 Å². The van der Waals surface area contributed by atoms with Gasteiger partial charge in [-0.05, 0) is 38.7 Å². The number of hydrogen-bond donors (Lipinski definition) is 1. The summed E-state index contributed by atoms with van der Waals surface area (Å²) in [5.41, 5.74) is 6.91. The molecule has 4 heteroatoms. The van der Waals surface area contributed by atoms with Crippen molar-refractivity contribution in [1.29, 1.82) is 0 Å². The lowest BCUT2D eigenvalue weighted by Crippen LogP contribution is -2.30. The molecule has 1 aromatic carbocycles. The number of ketones is 1. The van der Waals surface area contributed by atoms with Crippen LogP contribution < -0.4 is 10.2 Å². The van der Waals surface area contributed by atoms with E-state index in [0.29, 0.717) is 17.0 Å². The average Bonchev–Trinajstić information content (AvgIpc) is 2.05. The SMILES string of the molecule is CC(=O)c1cccc(N)c1O[Si](C)(C)C. The van der Waals surface area contributed by atoms with Crippen molar-refractivity contribution in [3.8, 4) is 5.75 Å². The van der Waals surface area contributed by atoms with Crippen LogP contribution in [0, 0.1) is 0 Å². The van der Waals surface area contributed by atoms with Gasteiger partial charge in [-0.1, -0.05) is 6.07 Å². The minimum Gasteiger partial charge on any atom is -0.542 e. The van der Waals surface area contributed by atoms with Gasteiger partial charge in [0.25, 0.3) is 0 Å². The van der Waals surface area contributed by atoms with Gasteiger partial charge >= 0.3 is 0 Å². The molecule has 1 rings (SSSR count). The molecule has 3 nitrogen and oxygen atoms in total. The molecular weight excluding hydrogens is 206 g/mol. The third-order valence-corrected chi connectivity index (χ3v) is 2.65. The Hall–Kier alpha value is -1.29. The van der Waals surface area contributed by atoms with E-state index >= 15 is 0 Å². The lowest BCUT2D eigenvalue weighted by Gasteiger charge is -2.22. The summed E-state index contributed by atoms with van der Waals surface area (Å²) in [6.07, 6.45) is 0. The van der Waals surface area contributed by atoms with Gasteiger partial charge in [0.15, 0.2) is 5.78 Å². The van der Waals surface area contributed by atoms with E-state index in [1.165, 1.54) is 6.92 Å². The smallest absolute Gasteiger partial charge is 0.242 e. The molecular formula is C11H17NO2Si. The summed E-state index contributed by atoms with van der Waals surface area (Å²) in [7, 11) is -1.74. The quantitative estimate of drug-likeness (QED) is 0.487. The van der Waals surface area contributed by atoms with E-state index in [1.807, 2.05) is 0 Å². The molecule has 0 aliphatic carbocycles. The van der Waals surface area contributed by atoms with Gasteiger partial charge in [0, 0.05) is 0 Å². The second-order valence-corrected chi connectivity index (χ2v) is 8.92. The fourth-order valence-electron chi connectivity index (χ4n) is 1.25. The highest BCUT2D eigenvalue weighted by Crippen LogP contribution is 2.29. The van der Waals surface area contributed by atoms with Crippen LogP contribution >= 0.6 is 0 Å². The Morgan fingerprint density at radius 2 is 1.93 bits per heavy atom. The third kappa shape index (κ3) is 3.09. The normalized spacial score (nSPS) is 11.2. The zero-order valence-electron chi connectivity index (χ0n) is 9.63. The van der Waals surface area contributed by atoms with E-state index in [9.17, 15) is 4.79 Å². The molecule has 0 bridgehead atoms. The summed E-state index contributed by atoms with van der Waals surface area (Å²) in [5, 5.41) is 0. The summed E-state index contributed by atoms with van der Waals surface area (Å²) >= 11 is 0. The van der Waals surface area contributed by atoms with Gasteiger partial charge in [0.2, 0.25) is 8.32 Å². The van der Waals surface area contributed by atoms with E-state index in [-0.39, 0.29) is 5.78 Å². The van der Waals surface area contributed by atoms with Gasteiger partial charge in [-0.25, -0.2) is 0 Å². The number of carbonyl (C=O) groups excluding carboxylic acids is 1. The first-order valence-electron chi connectivity index (χ1n) is 4.90. The summed E-state index contributed by atoms with van der Waals surface area (Å²) in [4.78, 5) is 11.4. The van der Waals surface area contributed by atoms with Crippen molar-refractivity contribution in [2.45, 2.75) is 26.6 Å². The van der Waals surface area contributed by atoms with Crippen LogP contribution in [0.2, 0.25) is 19.6 Å². The highest BCUT2D eigenvalue weighted by atomic mass is 28.4. The summed E-state index contributed by atoms with van der Waals surface area (Å²) in [5.74, 6) is 0.528. The maximum absolute atomic E-state index is 11.4. The molecule has 82 valence electrons. The second kappa shape index (κ2) is 4.06. The average molecular weight is 223 g/mol. The fourth-order valence-corrected chi connectivity index (χ4v) is 2.09. The van der Waals surface area contributed by atoms with Gasteiger partial charge in [0.1, 0.15) is 5.75 Å². The van der Waals surface area contributed by atoms with Crippen LogP contribution in [0.5, 0.6) is 5.75 Å². The molecule has 0 unspecified atom stereocenters. The van der Waals surface area contributed by atoms with E-state index < -0.39 is 8.32 Å². The molecule has 15 heavy (non-hydrogen) atoms. The van der Waals surface area contributed by atoms with Crippen molar-refractivity contribution in [1.82, 2.24) is 0 Å². The molecule has 1 aromatic rings. The largest absolute Gasteiger partial charge is 0.542 e. The molecule has 0 atom stereocenters. The number of nitrogens with two attached hydrogens (primary N) is 1. The molecule has 0 spiro atoms. The maximum Gasteiger partial charge on any atom is 0.242 e. The van der Waals surface area contributed by atoms with Crippen LogP contribution in [-0.4, -0.2) is 14.1 Å².